The topological polar surface area (TPSA) is 223 Å². The minimum atomic E-state index is -4.45. The molecular formula is C59H64Ac2NO15P. The smallest absolute Gasteiger partial charge is 0.457 e. The molecule has 1 saturated heterocycles. The van der Waals surface area contributed by atoms with Crippen LogP contribution in [-0.4, -0.2) is 94.1 Å². The number of ketones is 1. The summed E-state index contributed by atoms with van der Waals surface area (Å²) >= 11 is 0. The van der Waals surface area contributed by atoms with Crippen molar-refractivity contribution in [3.63, 3.8) is 0 Å². The number of Topliss-reactive ketones (excluding diaryl/α,β-unsaturated/α-hetero) is 1. The third-order valence-corrected chi connectivity index (χ3v) is 17.5. The summed E-state index contributed by atoms with van der Waals surface area (Å²) in [5.41, 5.74) is -5.32. The number of hydrogen-bond acceptors (Lipinski definition) is 15. The summed E-state index contributed by atoms with van der Waals surface area (Å²) in [7, 11) is -4.45. The Kier molecular flexibility index (Phi) is 20.7. The van der Waals surface area contributed by atoms with Crippen molar-refractivity contribution in [3.05, 3.63) is 191 Å². The van der Waals surface area contributed by atoms with E-state index in [-0.39, 0.29) is 131 Å². The number of hydrogen-bond donors (Lipinski definition) is 4. The number of phosphoric ester groups is 1. The minimum absolute atomic E-state index is 0. The largest absolute Gasteiger partial charge is 0.477 e. The van der Waals surface area contributed by atoms with Gasteiger partial charge in [-0.25, -0.2) is 9.36 Å². The second-order valence-electron chi connectivity index (χ2n) is 20.9. The van der Waals surface area contributed by atoms with E-state index in [2.05, 4.69) is 5.32 Å². The predicted molar refractivity (Wildman–Crippen MR) is 277 cm³/mol. The van der Waals surface area contributed by atoms with Gasteiger partial charge in [0.15, 0.2) is 12.6 Å². The van der Waals surface area contributed by atoms with Crippen molar-refractivity contribution >= 4 is 31.5 Å². The van der Waals surface area contributed by atoms with Crippen molar-refractivity contribution in [2.24, 2.45) is 22.7 Å². The van der Waals surface area contributed by atoms with Crippen LogP contribution >= 0.6 is 7.82 Å². The normalized spacial score (nSPS) is 27.8. The monoisotopic (exact) mass is 1510 g/mol. The van der Waals surface area contributed by atoms with Crippen molar-refractivity contribution < 1.29 is 160 Å². The Hall–Kier alpha value is -3.29. The number of rotatable bonds is 18. The third kappa shape index (κ3) is 12.4. The van der Waals surface area contributed by atoms with Crippen LogP contribution in [0.1, 0.15) is 90.9 Å². The standard InChI is InChI=1S/C59H64NO15P.2Ac/c1-37-44(74-54(64)38(2)48(41-25-15-8-16-26-41)60-53(63)42-27-17-9-18-28-42)32-59(67)52(75-55(65)43-29-19-10-20-30-43)50-57(5,51(62)49(61)47(37)56(59,3)4)45(31-46-58(50,66)35-69-46)70-36-73-76(68,71-33-39-21-11-6-12-22-39)72-34-40-23-13-7-14-24-40;;/h6-30,38,44-46,48-50,52,61,66-67H,31-36H2,1-5H3,(H,60,63);;/t38-,44?,45?,46?,48?,49?,50?,52?,57-,58?,59?;;/m1../s1. The number of phosphoric acid groups is 1. The van der Waals surface area contributed by atoms with Crippen LogP contribution in [0.25, 0.3) is 0 Å². The van der Waals surface area contributed by atoms with Gasteiger partial charge in [-0.05, 0) is 72.9 Å². The van der Waals surface area contributed by atoms with Crippen LogP contribution in [0.4, 0.5) is 0 Å². The molecule has 5 aromatic carbocycles. The molecule has 0 aromatic heterocycles. The van der Waals surface area contributed by atoms with Crippen LogP contribution in [0.5, 0.6) is 0 Å². The predicted octanol–water partition coefficient (Wildman–Crippen LogP) is 8.41. The summed E-state index contributed by atoms with van der Waals surface area (Å²) in [6.45, 7) is 6.41. The van der Waals surface area contributed by atoms with Crippen LogP contribution in [-0.2, 0) is 59.9 Å². The average molecular weight is 1510 g/mol. The van der Waals surface area contributed by atoms with Crippen LogP contribution in [0.2, 0.25) is 0 Å². The Morgan fingerprint density at radius 3 is 1.78 bits per heavy atom. The van der Waals surface area contributed by atoms with E-state index in [9.17, 15) is 34.3 Å². The van der Waals surface area contributed by atoms with Gasteiger partial charge >= 0.3 is 19.8 Å². The summed E-state index contributed by atoms with van der Waals surface area (Å²) in [5, 5.41) is 42.6. The number of ether oxygens (including phenoxy) is 4. The van der Waals surface area contributed by atoms with Gasteiger partial charge in [-0.3, -0.25) is 28.0 Å². The molecule has 1 heterocycles. The van der Waals surface area contributed by atoms with Crippen LogP contribution in [0.15, 0.2) is 163 Å². The van der Waals surface area contributed by atoms with Crippen molar-refractivity contribution in [2.45, 2.75) is 108 Å². The Balaban J connectivity index is 0.00000441. The van der Waals surface area contributed by atoms with Gasteiger partial charge in [0.25, 0.3) is 5.91 Å². The van der Waals surface area contributed by atoms with Gasteiger partial charge in [0.2, 0.25) is 0 Å². The molecule has 78 heavy (non-hydrogen) atoms. The molecule has 4 aliphatic rings. The number of esters is 2. The van der Waals surface area contributed by atoms with Gasteiger partial charge in [-0.15, -0.1) is 0 Å². The molecule has 3 fully saturated rings. The molecule has 19 heteroatoms. The fourth-order valence-electron chi connectivity index (χ4n) is 11.7. The fraction of sp³-hybridized carbons (Fsp3) is 0.390. The number of fused-ring (bicyclic) bond motifs is 5. The van der Waals surface area contributed by atoms with E-state index in [1.165, 1.54) is 19.1 Å². The third-order valence-electron chi connectivity index (χ3n) is 16.1. The van der Waals surface area contributed by atoms with Crippen molar-refractivity contribution in [3.8, 4) is 0 Å². The summed E-state index contributed by atoms with van der Waals surface area (Å²) in [4.78, 5) is 58.6. The first-order valence-corrected chi connectivity index (χ1v) is 26.9. The zero-order valence-electron chi connectivity index (χ0n) is 44.1. The van der Waals surface area contributed by atoms with Crippen molar-refractivity contribution in [1.29, 1.82) is 0 Å². The first-order chi connectivity index (χ1) is 36.3. The van der Waals surface area contributed by atoms with E-state index in [0.717, 1.165) is 0 Å². The van der Waals surface area contributed by atoms with Gasteiger partial charge in [0.05, 0.1) is 55.0 Å². The molecule has 2 bridgehead atoms. The number of benzene rings is 5. The molecule has 1 amide bonds. The second kappa shape index (κ2) is 25.9. The Morgan fingerprint density at radius 2 is 1.26 bits per heavy atom. The quantitative estimate of drug-likeness (QED) is 0.0280. The molecule has 406 valence electrons. The van der Waals surface area contributed by atoms with E-state index in [0.29, 0.717) is 22.3 Å². The molecule has 5 aromatic rings. The summed E-state index contributed by atoms with van der Waals surface area (Å²) in [6, 6.07) is 42.5. The van der Waals surface area contributed by atoms with Crippen molar-refractivity contribution in [2.75, 3.05) is 13.4 Å². The average Bonchev–Trinajstić information content (AvgIpc) is 3.19. The first kappa shape index (κ1) is 62.3. The zero-order valence-corrected chi connectivity index (χ0v) is 54.5. The van der Waals surface area contributed by atoms with E-state index >= 15 is 4.79 Å². The molecule has 4 N–H and O–H groups in total. The van der Waals surface area contributed by atoms with E-state index in [1.54, 1.807) is 155 Å². The van der Waals surface area contributed by atoms with Crippen LogP contribution < -0.4 is 5.32 Å². The molecule has 9 unspecified atom stereocenters. The molecule has 16 nitrogen and oxygen atoms in total. The van der Waals surface area contributed by atoms with Gasteiger partial charge in [-0.1, -0.05) is 141 Å². The van der Waals surface area contributed by atoms with Crippen molar-refractivity contribution in [1.82, 2.24) is 5.32 Å². The van der Waals surface area contributed by atoms with E-state index in [4.69, 9.17) is 32.5 Å². The van der Waals surface area contributed by atoms with Crippen LogP contribution in [0, 0.1) is 111 Å². The summed E-state index contributed by atoms with van der Waals surface area (Å²) < 4.78 is 57.3. The molecule has 2 radical (unpaired) electrons. The van der Waals surface area contributed by atoms with Gasteiger partial charge in [0.1, 0.15) is 29.5 Å². The van der Waals surface area contributed by atoms with Gasteiger partial charge < -0.3 is 39.6 Å². The maximum absolute atomic E-state index is 15.8. The molecule has 3 aliphatic carbocycles. The number of carbonyl (C=O) groups is 4. The molecule has 9 rings (SSSR count). The van der Waals surface area contributed by atoms with E-state index < -0.39 is 115 Å². The number of carbonyl (C=O) groups excluding carboxylic acids is 4. The fourth-order valence-corrected chi connectivity index (χ4v) is 12.7. The summed E-state index contributed by atoms with van der Waals surface area (Å²) in [6.07, 6.45) is -8.19. The number of aliphatic hydroxyl groups is 3. The molecule has 11 atom stereocenters. The Morgan fingerprint density at radius 1 is 0.744 bits per heavy atom. The second-order valence-corrected chi connectivity index (χ2v) is 22.6. The molecular weight excluding hydrogens is 1450 g/mol. The first-order valence-electron chi connectivity index (χ1n) is 25.4. The maximum Gasteiger partial charge on any atom is 0.477 e. The zero-order chi connectivity index (χ0) is 54.0. The van der Waals surface area contributed by atoms with Gasteiger partial charge in [0, 0.05) is 118 Å². The Labute approximate surface area is 526 Å². The van der Waals surface area contributed by atoms with Gasteiger partial charge in [-0.2, -0.15) is 0 Å². The van der Waals surface area contributed by atoms with Crippen LogP contribution in [0.3, 0.4) is 0 Å². The molecule has 1 aliphatic heterocycles. The Bertz CT molecular complexity index is 2930. The van der Waals surface area contributed by atoms with E-state index in [1.807, 2.05) is 12.1 Å². The summed E-state index contributed by atoms with van der Waals surface area (Å²) in [5.74, 6) is -5.63. The number of amides is 1. The maximum atomic E-state index is 15.8. The molecule has 0 spiro atoms. The number of nitrogens with one attached hydrogen (secondary N) is 1. The minimum Gasteiger partial charge on any atom is -0.457 e. The SMILES string of the molecule is CC1=C2C(O)C(=O)[C@]3(C)C(OCOP(=O)(OCc4ccccc4)OCc4ccccc4)CC4OCC4(O)C3C(OC(=O)c3ccccc3)C(O)(CC1OC(=O)[C@H](C)C(NC(=O)c1ccccc1)c1ccccc1)C2(C)C.[Ac].[Ac]. The number of aliphatic hydroxyl groups excluding tert-OH is 1. The molecule has 2 saturated carbocycles.